The van der Waals surface area contributed by atoms with E-state index in [0.717, 1.165) is 30.9 Å². The Morgan fingerprint density at radius 1 is 1.50 bits per heavy atom. The third-order valence-electron chi connectivity index (χ3n) is 3.27. The van der Waals surface area contributed by atoms with Gasteiger partial charge in [-0.15, -0.1) is 0 Å². The van der Waals surface area contributed by atoms with Crippen molar-refractivity contribution in [3.63, 3.8) is 0 Å². The highest BCUT2D eigenvalue weighted by molar-refractivity contribution is 5.47. The molecule has 1 fully saturated rings. The lowest BCUT2D eigenvalue weighted by molar-refractivity contribution is 0.324. The first-order chi connectivity index (χ1) is 8.81. The number of hydrogen-bond donors (Lipinski definition) is 2. The zero-order valence-corrected chi connectivity index (χ0v) is 11.2. The number of nitrogens with zero attached hydrogens (tertiary/aromatic N) is 2. The van der Waals surface area contributed by atoms with Gasteiger partial charge in [-0.05, 0) is 39.7 Å². The summed E-state index contributed by atoms with van der Waals surface area (Å²) in [4.78, 5) is 8.39. The molecule has 0 bridgehead atoms. The summed E-state index contributed by atoms with van der Waals surface area (Å²) in [5.41, 5.74) is 0.985. The molecule has 0 saturated carbocycles. The SMILES string of the molecule is CCOc1ncnc(NCC[C@@H]2CCCN2)c1C. The Hall–Kier alpha value is -1.36. The van der Waals surface area contributed by atoms with Gasteiger partial charge in [0.1, 0.15) is 12.1 Å². The van der Waals surface area contributed by atoms with E-state index in [-0.39, 0.29) is 0 Å². The standard InChI is InChI=1S/C13H22N4O/c1-3-18-13-10(2)12(16-9-17-13)15-8-6-11-5-4-7-14-11/h9,11,14H,3-8H2,1-2H3,(H,15,16,17)/t11-/m0/s1. The van der Waals surface area contributed by atoms with Gasteiger partial charge in [-0.25, -0.2) is 9.97 Å². The molecule has 100 valence electrons. The van der Waals surface area contributed by atoms with Crippen LogP contribution in [0.3, 0.4) is 0 Å². The minimum atomic E-state index is 0.628. The lowest BCUT2D eigenvalue weighted by Gasteiger charge is -2.13. The molecular weight excluding hydrogens is 228 g/mol. The van der Waals surface area contributed by atoms with Crippen LogP contribution >= 0.6 is 0 Å². The van der Waals surface area contributed by atoms with Gasteiger partial charge >= 0.3 is 0 Å². The molecule has 5 heteroatoms. The number of rotatable bonds is 6. The fourth-order valence-corrected chi connectivity index (χ4v) is 2.26. The first kappa shape index (κ1) is 13.1. The largest absolute Gasteiger partial charge is 0.478 e. The van der Waals surface area contributed by atoms with Crippen molar-refractivity contribution in [1.29, 1.82) is 0 Å². The fraction of sp³-hybridized carbons (Fsp3) is 0.692. The number of aromatic nitrogens is 2. The summed E-state index contributed by atoms with van der Waals surface area (Å²) < 4.78 is 5.45. The van der Waals surface area contributed by atoms with Crippen LogP contribution in [0.25, 0.3) is 0 Å². The van der Waals surface area contributed by atoms with Gasteiger partial charge in [0, 0.05) is 12.6 Å². The maximum absolute atomic E-state index is 5.45. The molecule has 2 heterocycles. The molecule has 0 unspecified atom stereocenters. The van der Waals surface area contributed by atoms with Crippen LogP contribution in [-0.2, 0) is 0 Å². The van der Waals surface area contributed by atoms with Gasteiger partial charge in [0.2, 0.25) is 5.88 Å². The van der Waals surface area contributed by atoms with Crippen molar-refractivity contribution in [2.45, 2.75) is 39.2 Å². The molecule has 1 aromatic rings. The van der Waals surface area contributed by atoms with Crippen LogP contribution in [0.5, 0.6) is 5.88 Å². The zero-order valence-electron chi connectivity index (χ0n) is 11.2. The molecule has 0 spiro atoms. The Labute approximate surface area is 108 Å². The van der Waals surface area contributed by atoms with Crippen LogP contribution in [0.2, 0.25) is 0 Å². The van der Waals surface area contributed by atoms with Crippen LogP contribution < -0.4 is 15.4 Å². The Balaban J connectivity index is 1.86. The molecule has 1 aromatic heterocycles. The maximum atomic E-state index is 5.45. The number of anilines is 1. The lowest BCUT2D eigenvalue weighted by Crippen LogP contribution is -2.24. The van der Waals surface area contributed by atoms with E-state index in [0.29, 0.717) is 18.5 Å². The Bertz CT molecular complexity index is 377. The molecule has 2 N–H and O–H groups in total. The van der Waals surface area contributed by atoms with E-state index >= 15 is 0 Å². The van der Waals surface area contributed by atoms with Crippen molar-refractivity contribution in [2.24, 2.45) is 0 Å². The number of hydrogen-bond acceptors (Lipinski definition) is 5. The highest BCUT2D eigenvalue weighted by atomic mass is 16.5. The average Bonchev–Trinajstić information content (AvgIpc) is 2.87. The molecule has 2 rings (SSSR count). The molecule has 1 atom stereocenters. The van der Waals surface area contributed by atoms with Crippen LogP contribution in [0.4, 0.5) is 5.82 Å². The highest BCUT2D eigenvalue weighted by Gasteiger charge is 2.13. The predicted octanol–water partition coefficient (Wildman–Crippen LogP) is 1.74. The van der Waals surface area contributed by atoms with E-state index in [1.807, 2.05) is 13.8 Å². The maximum Gasteiger partial charge on any atom is 0.221 e. The minimum Gasteiger partial charge on any atom is -0.478 e. The molecule has 0 radical (unpaired) electrons. The Kier molecular flexibility index (Phi) is 4.75. The van der Waals surface area contributed by atoms with Crippen molar-refractivity contribution in [3.8, 4) is 5.88 Å². The lowest BCUT2D eigenvalue weighted by atomic mass is 10.1. The van der Waals surface area contributed by atoms with Crippen molar-refractivity contribution in [2.75, 3.05) is 25.0 Å². The monoisotopic (exact) mass is 250 g/mol. The third kappa shape index (κ3) is 3.32. The van der Waals surface area contributed by atoms with Gasteiger partial charge < -0.3 is 15.4 Å². The molecule has 0 aliphatic carbocycles. The van der Waals surface area contributed by atoms with E-state index in [2.05, 4.69) is 20.6 Å². The van der Waals surface area contributed by atoms with Gasteiger partial charge in [0.05, 0.1) is 12.2 Å². The molecule has 0 aromatic carbocycles. The highest BCUT2D eigenvalue weighted by Crippen LogP contribution is 2.20. The van der Waals surface area contributed by atoms with Gasteiger partial charge in [0.25, 0.3) is 0 Å². The fourth-order valence-electron chi connectivity index (χ4n) is 2.26. The van der Waals surface area contributed by atoms with E-state index in [9.17, 15) is 0 Å². The first-order valence-corrected chi connectivity index (χ1v) is 6.73. The number of nitrogens with one attached hydrogen (secondary N) is 2. The summed E-state index contributed by atoms with van der Waals surface area (Å²) in [6.45, 7) is 6.66. The molecule has 5 nitrogen and oxygen atoms in total. The third-order valence-corrected chi connectivity index (χ3v) is 3.27. The topological polar surface area (TPSA) is 59.1 Å². The zero-order chi connectivity index (χ0) is 12.8. The molecule has 1 aliphatic heterocycles. The number of ether oxygens (including phenoxy) is 1. The quantitative estimate of drug-likeness (QED) is 0.805. The normalized spacial score (nSPS) is 18.9. The molecule has 0 amide bonds. The van der Waals surface area contributed by atoms with E-state index < -0.39 is 0 Å². The van der Waals surface area contributed by atoms with Crippen LogP contribution in [0, 0.1) is 6.92 Å². The van der Waals surface area contributed by atoms with Crippen LogP contribution in [0.1, 0.15) is 31.7 Å². The van der Waals surface area contributed by atoms with E-state index in [1.165, 1.54) is 12.8 Å². The second-order valence-electron chi connectivity index (χ2n) is 4.59. The van der Waals surface area contributed by atoms with Crippen molar-refractivity contribution in [3.05, 3.63) is 11.9 Å². The summed E-state index contributed by atoms with van der Waals surface area (Å²) in [6, 6.07) is 0.658. The van der Waals surface area contributed by atoms with Crippen LogP contribution in [0.15, 0.2) is 6.33 Å². The van der Waals surface area contributed by atoms with Crippen molar-refractivity contribution >= 4 is 5.82 Å². The average molecular weight is 250 g/mol. The Morgan fingerprint density at radius 3 is 3.11 bits per heavy atom. The summed E-state index contributed by atoms with van der Waals surface area (Å²) in [6.07, 6.45) is 5.27. The van der Waals surface area contributed by atoms with Crippen molar-refractivity contribution < 1.29 is 4.74 Å². The van der Waals surface area contributed by atoms with Gasteiger partial charge in [0.15, 0.2) is 0 Å². The van der Waals surface area contributed by atoms with E-state index in [1.54, 1.807) is 6.33 Å². The minimum absolute atomic E-state index is 0.628. The summed E-state index contributed by atoms with van der Waals surface area (Å²) in [7, 11) is 0. The van der Waals surface area contributed by atoms with Gasteiger partial charge in [-0.2, -0.15) is 0 Å². The summed E-state index contributed by atoms with van der Waals surface area (Å²) in [5, 5.41) is 6.86. The van der Waals surface area contributed by atoms with Crippen LogP contribution in [-0.4, -0.2) is 35.7 Å². The molecule has 1 aliphatic rings. The molecule has 1 saturated heterocycles. The molecule has 18 heavy (non-hydrogen) atoms. The molecular formula is C13H22N4O. The Morgan fingerprint density at radius 2 is 2.39 bits per heavy atom. The van der Waals surface area contributed by atoms with Gasteiger partial charge in [-0.1, -0.05) is 0 Å². The van der Waals surface area contributed by atoms with Crippen molar-refractivity contribution in [1.82, 2.24) is 15.3 Å². The first-order valence-electron chi connectivity index (χ1n) is 6.73. The predicted molar refractivity (Wildman–Crippen MR) is 72.1 cm³/mol. The second-order valence-corrected chi connectivity index (χ2v) is 4.59. The van der Waals surface area contributed by atoms with E-state index in [4.69, 9.17) is 4.74 Å². The van der Waals surface area contributed by atoms with Gasteiger partial charge in [-0.3, -0.25) is 0 Å². The summed E-state index contributed by atoms with van der Waals surface area (Å²) >= 11 is 0. The second kappa shape index (κ2) is 6.54. The smallest absolute Gasteiger partial charge is 0.221 e. The summed E-state index contributed by atoms with van der Waals surface area (Å²) in [5.74, 6) is 1.56.